The highest BCUT2D eigenvalue weighted by Gasteiger charge is 2.36. The van der Waals surface area contributed by atoms with Crippen LogP contribution < -0.4 is 0 Å². The molecule has 2 nitrogen and oxygen atoms in total. The van der Waals surface area contributed by atoms with Gasteiger partial charge in [-0.05, 0) is 29.4 Å². The molecule has 1 aromatic rings. The Hall–Kier alpha value is -0.860. The Labute approximate surface area is 123 Å². The highest BCUT2D eigenvalue weighted by Crippen LogP contribution is 2.31. The molecule has 2 heteroatoms. The second-order valence-electron chi connectivity index (χ2n) is 6.90. The number of aliphatic hydroxyl groups is 1. The van der Waals surface area contributed by atoms with E-state index in [2.05, 4.69) is 52.0 Å². The molecular formula is C18H28O2. The van der Waals surface area contributed by atoms with Gasteiger partial charge >= 0.3 is 0 Å². The molecule has 1 aromatic carbocycles. The second kappa shape index (κ2) is 6.28. The molecule has 2 rings (SSSR count). The van der Waals surface area contributed by atoms with Crippen molar-refractivity contribution in [1.82, 2.24) is 0 Å². The lowest BCUT2D eigenvalue weighted by Gasteiger charge is -2.38. The van der Waals surface area contributed by atoms with Gasteiger partial charge in [0, 0.05) is 19.4 Å². The number of benzene rings is 1. The van der Waals surface area contributed by atoms with Gasteiger partial charge in [0.05, 0.1) is 11.7 Å². The third-order valence-corrected chi connectivity index (χ3v) is 4.40. The lowest BCUT2D eigenvalue weighted by Crippen LogP contribution is -2.44. The quantitative estimate of drug-likeness (QED) is 0.903. The van der Waals surface area contributed by atoms with Gasteiger partial charge in [-0.25, -0.2) is 0 Å². The predicted molar refractivity (Wildman–Crippen MR) is 83.0 cm³/mol. The van der Waals surface area contributed by atoms with Gasteiger partial charge in [0.25, 0.3) is 0 Å². The molecule has 2 atom stereocenters. The van der Waals surface area contributed by atoms with Crippen LogP contribution in [0.25, 0.3) is 0 Å². The molecule has 0 radical (unpaired) electrons. The molecule has 1 aliphatic heterocycles. The minimum Gasteiger partial charge on any atom is -0.389 e. The molecule has 112 valence electrons. The fraction of sp³-hybridized carbons (Fsp3) is 0.667. The van der Waals surface area contributed by atoms with E-state index < -0.39 is 5.60 Å². The Morgan fingerprint density at radius 1 is 1.20 bits per heavy atom. The average molecular weight is 276 g/mol. The van der Waals surface area contributed by atoms with Crippen LogP contribution in [0, 0.1) is 5.92 Å². The summed E-state index contributed by atoms with van der Waals surface area (Å²) in [5.41, 5.74) is 1.97. The van der Waals surface area contributed by atoms with E-state index in [1.807, 2.05) is 0 Å². The number of hydrogen-bond donors (Lipinski definition) is 1. The Morgan fingerprint density at radius 3 is 2.40 bits per heavy atom. The van der Waals surface area contributed by atoms with E-state index in [1.165, 1.54) is 11.1 Å². The SMILES string of the molecule is CC(C)c1ccc(CC2(O)CCOC(C(C)C)C2)cc1. The molecule has 1 N–H and O–H groups in total. The summed E-state index contributed by atoms with van der Waals surface area (Å²) < 4.78 is 5.76. The summed E-state index contributed by atoms with van der Waals surface area (Å²) in [6.45, 7) is 9.40. The first-order valence-corrected chi connectivity index (χ1v) is 7.82. The maximum atomic E-state index is 10.8. The molecule has 1 heterocycles. The molecule has 1 saturated heterocycles. The number of ether oxygens (including phenoxy) is 1. The van der Waals surface area contributed by atoms with Crippen LogP contribution in [0.3, 0.4) is 0 Å². The van der Waals surface area contributed by atoms with Crippen molar-refractivity contribution in [3.63, 3.8) is 0 Å². The Morgan fingerprint density at radius 2 is 1.85 bits per heavy atom. The molecule has 0 bridgehead atoms. The summed E-state index contributed by atoms with van der Waals surface area (Å²) in [7, 11) is 0. The summed E-state index contributed by atoms with van der Waals surface area (Å²) in [6.07, 6.45) is 2.40. The fourth-order valence-corrected chi connectivity index (χ4v) is 2.92. The molecule has 1 fully saturated rings. The van der Waals surface area contributed by atoms with Crippen molar-refractivity contribution in [3.05, 3.63) is 35.4 Å². The van der Waals surface area contributed by atoms with E-state index >= 15 is 0 Å². The maximum absolute atomic E-state index is 10.8. The fourth-order valence-electron chi connectivity index (χ4n) is 2.92. The van der Waals surface area contributed by atoms with Crippen molar-refractivity contribution in [1.29, 1.82) is 0 Å². The van der Waals surface area contributed by atoms with Gasteiger partial charge in [0.15, 0.2) is 0 Å². The summed E-state index contributed by atoms with van der Waals surface area (Å²) in [5, 5.41) is 10.8. The van der Waals surface area contributed by atoms with E-state index in [0.717, 1.165) is 19.3 Å². The van der Waals surface area contributed by atoms with Crippen LogP contribution in [0.15, 0.2) is 24.3 Å². The molecule has 20 heavy (non-hydrogen) atoms. The van der Waals surface area contributed by atoms with E-state index in [1.54, 1.807) is 0 Å². The van der Waals surface area contributed by atoms with Crippen molar-refractivity contribution < 1.29 is 9.84 Å². The largest absolute Gasteiger partial charge is 0.389 e. The summed E-state index contributed by atoms with van der Waals surface area (Å²) >= 11 is 0. The van der Waals surface area contributed by atoms with E-state index in [4.69, 9.17) is 4.74 Å². The lowest BCUT2D eigenvalue weighted by molar-refractivity contribution is -0.116. The topological polar surface area (TPSA) is 29.5 Å². The molecule has 1 aliphatic rings. The van der Waals surface area contributed by atoms with Crippen LogP contribution in [-0.2, 0) is 11.2 Å². The Kier molecular flexibility index (Phi) is 4.87. The van der Waals surface area contributed by atoms with E-state index in [-0.39, 0.29) is 6.10 Å². The molecule has 2 unspecified atom stereocenters. The van der Waals surface area contributed by atoms with Crippen LogP contribution in [0.5, 0.6) is 0 Å². The van der Waals surface area contributed by atoms with Crippen molar-refractivity contribution in [3.8, 4) is 0 Å². The first kappa shape index (κ1) is 15.5. The first-order valence-electron chi connectivity index (χ1n) is 7.82. The van der Waals surface area contributed by atoms with Crippen LogP contribution in [-0.4, -0.2) is 23.4 Å². The monoisotopic (exact) mass is 276 g/mol. The van der Waals surface area contributed by atoms with Gasteiger partial charge in [-0.3, -0.25) is 0 Å². The number of hydrogen-bond acceptors (Lipinski definition) is 2. The van der Waals surface area contributed by atoms with Gasteiger partial charge in [-0.1, -0.05) is 52.0 Å². The minimum absolute atomic E-state index is 0.184. The van der Waals surface area contributed by atoms with Gasteiger partial charge in [-0.15, -0.1) is 0 Å². The molecule has 0 amide bonds. The standard InChI is InChI=1S/C18H28O2/c1-13(2)16-7-5-15(6-8-16)11-18(19)9-10-20-17(12-18)14(3)4/h5-8,13-14,17,19H,9-12H2,1-4H3. The summed E-state index contributed by atoms with van der Waals surface area (Å²) in [4.78, 5) is 0. The number of rotatable bonds is 4. The Bertz CT molecular complexity index is 422. The van der Waals surface area contributed by atoms with Crippen molar-refractivity contribution in [2.24, 2.45) is 5.92 Å². The molecule has 0 saturated carbocycles. The first-order chi connectivity index (χ1) is 9.39. The third kappa shape index (κ3) is 3.83. The summed E-state index contributed by atoms with van der Waals surface area (Å²) in [5.74, 6) is 1.02. The maximum Gasteiger partial charge on any atom is 0.0734 e. The zero-order chi connectivity index (χ0) is 14.8. The van der Waals surface area contributed by atoms with Gasteiger partial charge in [0.1, 0.15) is 0 Å². The zero-order valence-electron chi connectivity index (χ0n) is 13.2. The van der Waals surface area contributed by atoms with Gasteiger partial charge in [-0.2, -0.15) is 0 Å². The molecule has 0 aromatic heterocycles. The van der Waals surface area contributed by atoms with Gasteiger partial charge in [0.2, 0.25) is 0 Å². The van der Waals surface area contributed by atoms with Crippen LogP contribution in [0.4, 0.5) is 0 Å². The highest BCUT2D eigenvalue weighted by molar-refractivity contribution is 5.26. The minimum atomic E-state index is -0.605. The van der Waals surface area contributed by atoms with Gasteiger partial charge < -0.3 is 9.84 Å². The van der Waals surface area contributed by atoms with Crippen molar-refractivity contribution in [2.45, 2.75) is 64.6 Å². The normalized spacial score (nSPS) is 27.2. The van der Waals surface area contributed by atoms with Crippen molar-refractivity contribution in [2.75, 3.05) is 6.61 Å². The highest BCUT2D eigenvalue weighted by atomic mass is 16.5. The van der Waals surface area contributed by atoms with E-state index in [0.29, 0.717) is 18.4 Å². The Balaban J connectivity index is 2.04. The van der Waals surface area contributed by atoms with Crippen LogP contribution in [0.2, 0.25) is 0 Å². The average Bonchev–Trinajstić information content (AvgIpc) is 2.38. The van der Waals surface area contributed by atoms with Crippen molar-refractivity contribution >= 4 is 0 Å². The molecule has 0 aliphatic carbocycles. The molecule has 0 spiro atoms. The predicted octanol–water partition coefficient (Wildman–Crippen LogP) is 3.92. The van der Waals surface area contributed by atoms with Crippen LogP contribution in [0.1, 0.15) is 57.6 Å². The van der Waals surface area contributed by atoms with Crippen LogP contribution >= 0.6 is 0 Å². The second-order valence-corrected chi connectivity index (χ2v) is 6.90. The van der Waals surface area contributed by atoms with E-state index in [9.17, 15) is 5.11 Å². The third-order valence-electron chi connectivity index (χ3n) is 4.40. The lowest BCUT2D eigenvalue weighted by atomic mass is 9.81. The molecular weight excluding hydrogens is 248 g/mol. The summed E-state index contributed by atoms with van der Waals surface area (Å²) in [6, 6.07) is 8.69. The smallest absolute Gasteiger partial charge is 0.0734 e. The zero-order valence-corrected chi connectivity index (χ0v) is 13.2.